The molecule has 7 heteroatoms. The zero-order valence-electron chi connectivity index (χ0n) is 14.3. The molecule has 0 radical (unpaired) electrons. The molecule has 0 atom stereocenters. The van der Waals surface area contributed by atoms with E-state index in [-0.39, 0.29) is 0 Å². The van der Waals surface area contributed by atoms with Crippen molar-refractivity contribution in [3.8, 4) is 17.6 Å². The number of rotatable bonds is 4. The van der Waals surface area contributed by atoms with E-state index in [9.17, 15) is 5.26 Å². The van der Waals surface area contributed by atoms with Gasteiger partial charge in [0.25, 0.3) is 0 Å². The Kier molecular flexibility index (Phi) is 5.25. The number of hydrogen-bond donors (Lipinski definition) is 0. The molecule has 0 spiro atoms. The number of benzene rings is 1. The Bertz CT molecular complexity index is 851. The lowest BCUT2D eigenvalue weighted by molar-refractivity contribution is 0.355. The second-order valence-electron chi connectivity index (χ2n) is 5.81. The van der Waals surface area contributed by atoms with E-state index in [1.807, 2.05) is 4.57 Å². The molecule has 3 rings (SSSR count). The number of aryl methyl sites for hydroxylation is 1. The van der Waals surface area contributed by atoms with Gasteiger partial charge in [-0.05, 0) is 36.6 Å². The summed E-state index contributed by atoms with van der Waals surface area (Å²) in [7, 11) is 3.08. The van der Waals surface area contributed by atoms with E-state index in [0.29, 0.717) is 27.9 Å². The van der Waals surface area contributed by atoms with Gasteiger partial charge in [0.15, 0.2) is 17.3 Å². The average molecular weight is 359 g/mol. The van der Waals surface area contributed by atoms with Crippen molar-refractivity contribution in [2.75, 3.05) is 14.2 Å². The first-order valence-corrected chi connectivity index (χ1v) is 8.51. The third kappa shape index (κ3) is 3.47. The van der Waals surface area contributed by atoms with Crippen LogP contribution in [0.2, 0.25) is 5.02 Å². The van der Waals surface area contributed by atoms with Gasteiger partial charge in [0.05, 0.1) is 24.8 Å². The first kappa shape index (κ1) is 17.3. The van der Waals surface area contributed by atoms with Crippen LogP contribution in [0.15, 0.2) is 12.1 Å². The summed E-state index contributed by atoms with van der Waals surface area (Å²) < 4.78 is 12.6. The first-order valence-electron chi connectivity index (χ1n) is 8.13. The van der Waals surface area contributed by atoms with Gasteiger partial charge in [0.1, 0.15) is 11.9 Å². The Morgan fingerprint density at radius 1 is 1.24 bits per heavy atom. The normalized spacial score (nSPS) is 14.4. The predicted octanol–water partition coefficient (Wildman–Crippen LogP) is 3.74. The van der Waals surface area contributed by atoms with Crippen LogP contribution in [-0.4, -0.2) is 29.0 Å². The maximum absolute atomic E-state index is 9.64. The molecule has 0 N–H and O–H groups in total. The highest BCUT2D eigenvalue weighted by atomic mass is 35.5. The quantitative estimate of drug-likeness (QED) is 0.778. The fraction of sp³-hybridized carbons (Fsp3) is 0.389. The van der Waals surface area contributed by atoms with E-state index < -0.39 is 0 Å². The van der Waals surface area contributed by atoms with Crippen molar-refractivity contribution in [1.29, 1.82) is 5.26 Å². The molecule has 0 bridgehead atoms. The summed E-state index contributed by atoms with van der Waals surface area (Å²) >= 11 is 6.25. The Morgan fingerprint density at radius 2 is 2.08 bits per heavy atom. The fourth-order valence-corrected chi connectivity index (χ4v) is 3.32. The number of hydrogen-bond acceptors (Lipinski definition) is 5. The van der Waals surface area contributed by atoms with Crippen molar-refractivity contribution in [1.82, 2.24) is 14.8 Å². The Labute approximate surface area is 151 Å². The number of methoxy groups -OCH3 is 2. The zero-order chi connectivity index (χ0) is 17.8. The molecule has 2 heterocycles. The van der Waals surface area contributed by atoms with E-state index in [1.165, 1.54) is 13.5 Å². The summed E-state index contributed by atoms with van der Waals surface area (Å²) in [4.78, 5) is 0. The van der Waals surface area contributed by atoms with Gasteiger partial charge in [0, 0.05) is 13.0 Å². The molecule has 6 nitrogen and oxygen atoms in total. The minimum Gasteiger partial charge on any atom is -0.493 e. The average Bonchev–Trinajstić information content (AvgIpc) is 2.87. The minimum atomic E-state index is 0.422. The van der Waals surface area contributed by atoms with Crippen LogP contribution in [0.3, 0.4) is 0 Å². The van der Waals surface area contributed by atoms with Crippen molar-refractivity contribution < 1.29 is 9.47 Å². The van der Waals surface area contributed by atoms with Gasteiger partial charge in [-0.15, -0.1) is 10.2 Å². The molecule has 1 aliphatic heterocycles. The monoisotopic (exact) mass is 358 g/mol. The van der Waals surface area contributed by atoms with Gasteiger partial charge in [-0.25, -0.2) is 0 Å². The van der Waals surface area contributed by atoms with Crippen molar-refractivity contribution in [3.05, 3.63) is 34.4 Å². The first-order chi connectivity index (χ1) is 12.2. The zero-order valence-corrected chi connectivity index (χ0v) is 15.0. The summed E-state index contributed by atoms with van der Waals surface area (Å²) in [5.41, 5.74) is 1.19. The molecule has 1 aliphatic rings. The van der Waals surface area contributed by atoms with E-state index in [4.69, 9.17) is 21.1 Å². The lowest BCUT2D eigenvalue weighted by atomic mass is 10.1. The summed E-state index contributed by atoms with van der Waals surface area (Å²) in [6.07, 6.45) is 5.98. The van der Waals surface area contributed by atoms with Gasteiger partial charge in [-0.3, -0.25) is 0 Å². The number of aromatic nitrogens is 3. The molecule has 0 aliphatic carbocycles. The molecule has 130 valence electrons. The number of nitriles is 1. The largest absolute Gasteiger partial charge is 0.493 e. The fourth-order valence-electron chi connectivity index (χ4n) is 3.02. The van der Waals surface area contributed by atoms with Gasteiger partial charge < -0.3 is 14.0 Å². The summed E-state index contributed by atoms with van der Waals surface area (Å²) in [6, 6.07) is 5.75. The van der Waals surface area contributed by atoms with Gasteiger partial charge in [0.2, 0.25) is 0 Å². The van der Waals surface area contributed by atoms with Crippen LogP contribution in [0.5, 0.6) is 11.5 Å². The summed E-state index contributed by atoms with van der Waals surface area (Å²) in [5.74, 6) is 2.53. The van der Waals surface area contributed by atoms with Crippen LogP contribution in [0.4, 0.5) is 0 Å². The van der Waals surface area contributed by atoms with Crippen LogP contribution >= 0.6 is 11.6 Å². The summed E-state index contributed by atoms with van der Waals surface area (Å²) in [6.45, 7) is 0.837. The van der Waals surface area contributed by atoms with Crippen molar-refractivity contribution in [2.45, 2.75) is 32.2 Å². The standard InChI is InChI=1S/C18H19ClN4O2/c1-24-15-10-12(9-14(19)17(15)25-2)8-13(11-20)18-22-21-16-6-4-3-5-7-23(16)18/h8-10H,3-7H2,1-2H3. The third-order valence-electron chi connectivity index (χ3n) is 4.24. The minimum absolute atomic E-state index is 0.422. The maximum Gasteiger partial charge on any atom is 0.179 e. The lowest BCUT2D eigenvalue weighted by Crippen LogP contribution is -2.05. The molecule has 2 aromatic rings. The number of nitrogens with zero attached hydrogens (tertiary/aromatic N) is 4. The predicted molar refractivity (Wildman–Crippen MR) is 95.6 cm³/mol. The van der Waals surface area contributed by atoms with Crippen molar-refractivity contribution in [2.24, 2.45) is 0 Å². The molecular formula is C18H19ClN4O2. The molecule has 1 aromatic heterocycles. The van der Waals surface area contributed by atoms with Gasteiger partial charge >= 0.3 is 0 Å². The number of allylic oxidation sites excluding steroid dienone is 1. The van der Waals surface area contributed by atoms with Crippen LogP contribution in [0.25, 0.3) is 11.6 Å². The molecule has 25 heavy (non-hydrogen) atoms. The molecule has 1 aromatic carbocycles. The summed E-state index contributed by atoms with van der Waals surface area (Å²) in [5, 5.41) is 18.6. The number of fused-ring (bicyclic) bond motifs is 1. The number of ether oxygens (including phenoxy) is 2. The van der Waals surface area contributed by atoms with Crippen molar-refractivity contribution >= 4 is 23.3 Å². The topological polar surface area (TPSA) is 73.0 Å². The molecule has 0 unspecified atom stereocenters. The Balaban J connectivity index is 2.04. The lowest BCUT2D eigenvalue weighted by Gasteiger charge is -2.10. The smallest absolute Gasteiger partial charge is 0.179 e. The van der Waals surface area contributed by atoms with Crippen LogP contribution < -0.4 is 9.47 Å². The Hall–Kier alpha value is -2.52. The molecule has 0 fully saturated rings. The van der Waals surface area contributed by atoms with Crippen molar-refractivity contribution in [3.63, 3.8) is 0 Å². The number of halogens is 1. The second-order valence-corrected chi connectivity index (χ2v) is 6.22. The molecule has 0 saturated carbocycles. The van der Waals surface area contributed by atoms with Crippen LogP contribution in [0.1, 0.15) is 36.5 Å². The van der Waals surface area contributed by atoms with Crippen LogP contribution in [-0.2, 0) is 13.0 Å². The maximum atomic E-state index is 9.64. The van der Waals surface area contributed by atoms with E-state index in [1.54, 1.807) is 25.3 Å². The Morgan fingerprint density at radius 3 is 2.80 bits per heavy atom. The third-order valence-corrected chi connectivity index (χ3v) is 4.52. The van der Waals surface area contributed by atoms with Gasteiger partial charge in [-0.2, -0.15) is 5.26 Å². The molecular weight excluding hydrogens is 340 g/mol. The van der Waals surface area contributed by atoms with Gasteiger partial charge in [-0.1, -0.05) is 18.0 Å². The van der Waals surface area contributed by atoms with E-state index in [0.717, 1.165) is 37.2 Å². The van der Waals surface area contributed by atoms with Crippen LogP contribution in [0, 0.1) is 11.3 Å². The molecule has 0 amide bonds. The second kappa shape index (κ2) is 7.58. The van der Waals surface area contributed by atoms with E-state index >= 15 is 0 Å². The highest BCUT2D eigenvalue weighted by Gasteiger charge is 2.18. The highest BCUT2D eigenvalue weighted by Crippen LogP contribution is 2.37. The molecule has 0 saturated heterocycles. The highest BCUT2D eigenvalue weighted by molar-refractivity contribution is 6.32. The SMILES string of the molecule is COc1cc(C=C(C#N)c2nnc3n2CCCCC3)cc(Cl)c1OC. The van der Waals surface area contributed by atoms with E-state index in [2.05, 4.69) is 16.3 Å².